The zero-order chi connectivity index (χ0) is 22.4. The van der Waals surface area contributed by atoms with Crippen LogP contribution in [0, 0.1) is 0 Å². The first-order valence-corrected chi connectivity index (χ1v) is 9.29. The van der Waals surface area contributed by atoms with Crippen LogP contribution in [0.4, 0.5) is 5.69 Å². The van der Waals surface area contributed by atoms with Crippen LogP contribution in [-0.2, 0) is 19.1 Å². The molecule has 2 aromatic rings. The van der Waals surface area contributed by atoms with Crippen molar-refractivity contribution in [3.05, 3.63) is 59.3 Å². The van der Waals surface area contributed by atoms with Gasteiger partial charge < -0.3 is 24.8 Å². The highest BCUT2D eigenvalue weighted by Gasteiger charge is 2.21. The minimum absolute atomic E-state index is 0.0152. The van der Waals surface area contributed by atoms with E-state index in [0.29, 0.717) is 17.1 Å². The van der Waals surface area contributed by atoms with Gasteiger partial charge in [0.1, 0.15) is 5.70 Å². The number of Topliss-reactive ketones (excluding diaryl/α,β-unsaturated/α-hetero) is 1. The Bertz CT molecular complexity index is 1060. The number of fused-ring (bicyclic) bond motifs is 1. The zero-order valence-corrected chi connectivity index (χ0v) is 16.9. The van der Waals surface area contributed by atoms with Crippen LogP contribution in [0.5, 0.6) is 11.5 Å². The molecular weight excluding hydrogens is 404 g/mol. The van der Waals surface area contributed by atoms with Crippen molar-refractivity contribution in [3.8, 4) is 11.5 Å². The number of ether oxygens (including phenoxy) is 3. The van der Waals surface area contributed by atoms with Gasteiger partial charge in [-0.3, -0.25) is 14.4 Å². The fraction of sp³-hybridized carbons (Fsp3) is 0.182. The summed E-state index contributed by atoms with van der Waals surface area (Å²) in [5.74, 6) is -1.51. The van der Waals surface area contributed by atoms with Gasteiger partial charge in [-0.05, 0) is 24.6 Å². The summed E-state index contributed by atoms with van der Waals surface area (Å²) >= 11 is 0. The average molecular weight is 424 g/mol. The number of esters is 1. The van der Waals surface area contributed by atoms with Gasteiger partial charge in [0.25, 0.3) is 5.91 Å². The van der Waals surface area contributed by atoms with Crippen LogP contribution in [0.1, 0.15) is 29.8 Å². The van der Waals surface area contributed by atoms with Crippen LogP contribution in [0.3, 0.4) is 0 Å². The lowest BCUT2D eigenvalue weighted by Crippen LogP contribution is -2.29. The van der Waals surface area contributed by atoms with Crippen molar-refractivity contribution in [1.82, 2.24) is 5.32 Å². The van der Waals surface area contributed by atoms with Crippen molar-refractivity contribution in [1.29, 1.82) is 0 Å². The molecule has 3 rings (SSSR count). The Morgan fingerprint density at radius 3 is 2.35 bits per heavy atom. The Balaban J connectivity index is 1.68. The van der Waals surface area contributed by atoms with E-state index < -0.39 is 24.4 Å². The summed E-state index contributed by atoms with van der Waals surface area (Å²) in [5.41, 5.74) is 0.990. The maximum Gasteiger partial charge on any atom is 0.355 e. The zero-order valence-electron chi connectivity index (χ0n) is 16.9. The molecule has 9 heteroatoms. The number of hydrogen-bond acceptors (Lipinski definition) is 7. The molecule has 0 radical (unpaired) electrons. The number of rotatable bonds is 7. The highest BCUT2D eigenvalue weighted by Crippen LogP contribution is 2.37. The molecule has 0 aromatic heterocycles. The lowest BCUT2D eigenvalue weighted by Gasteiger charge is -2.12. The molecule has 0 fully saturated rings. The molecule has 1 heterocycles. The molecule has 31 heavy (non-hydrogen) atoms. The molecular formula is C22H20N2O7. The smallest absolute Gasteiger partial charge is 0.355 e. The summed E-state index contributed by atoms with van der Waals surface area (Å²) in [6.45, 7) is 1.99. The van der Waals surface area contributed by atoms with E-state index in [9.17, 15) is 19.2 Å². The summed E-state index contributed by atoms with van der Waals surface area (Å²) in [5, 5.41) is 4.92. The van der Waals surface area contributed by atoms with E-state index in [1.807, 2.05) is 6.07 Å². The predicted octanol–water partition coefficient (Wildman–Crippen LogP) is 2.28. The number of hydrogen-bond donors (Lipinski definition) is 2. The van der Waals surface area contributed by atoms with Gasteiger partial charge in [-0.2, -0.15) is 0 Å². The first-order chi connectivity index (χ1) is 14.8. The van der Waals surface area contributed by atoms with Gasteiger partial charge in [-0.1, -0.05) is 30.3 Å². The Hall–Kier alpha value is -4.14. The molecule has 0 unspecified atom stereocenters. The number of anilines is 1. The van der Waals surface area contributed by atoms with Crippen LogP contribution in [0.2, 0.25) is 0 Å². The van der Waals surface area contributed by atoms with Crippen molar-refractivity contribution in [3.63, 3.8) is 0 Å². The molecule has 1 aliphatic heterocycles. The Labute approximate surface area is 178 Å². The summed E-state index contributed by atoms with van der Waals surface area (Å²) in [6, 6.07) is 11.8. The lowest BCUT2D eigenvalue weighted by molar-refractivity contribution is -0.144. The van der Waals surface area contributed by atoms with E-state index in [4.69, 9.17) is 14.2 Å². The fourth-order valence-electron chi connectivity index (χ4n) is 2.78. The van der Waals surface area contributed by atoms with Crippen LogP contribution in [0.15, 0.2) is 48.2 Å². The molecule has 0 spiro atoms. The molecule has 9 nitrogen and oxygen atoms in total. The molecule has 2 aromatic carbocycles. The molecule has 0 saturated heterocycles. The van der Waals surface area contributed by atoms with Gasteiger partial charge in [0.15, 0.2) is 23.9 Å². The van der Waals surface area contributed by atoms with Gasteiger partial charge in [0.05, 0.1) is 5.69 Å². The summed E-state index contributed by atoms with van der Waals surface area (Å²) in [6.07, 6.45) is 1.44. The topological polar surface area (TPSA) is 120 Å². The monoisotopic (exact) mass is 424 g/mol. The van der Waals surface area contributed by atoms with Crippen LogP contribution < -0.4 is 20.1 Å². The number of benzene rings is 2. The van der Waals surface area contributed by atoms with Crippen molar-refractivity contribution in [2.75, 3.05) is 18.7 Å². The number of amides is 2. The second-order valence-corrected chi connectivity index (χ2v) is 6.58. The average Bonchev–Trinajstić information content (AvgIpc) is 3.18. The largest absolute Gasteiger partial charge is 0.454 e. The molecule has 1 aliphatic rings. The summed E-state index contributed by atoms with van der Waals surface area (Å²) in [4.78, 5) is 48.0. The number of ketones is 1. The van der Waals surface area contributed by atoms with Crippen molar-refractivity contribution in [2.24, 2.45) is 0 Å². The number of nitrogens with one attached hydrogen (secondary N) is 2. The van der Waals surface area contributed by atoms with Gasteiger partial charge in [-0.15, -0.1) is 0 Å². The second-order valence-electron chi connectivity index (χ2n) is 6.58. The molecule has 160 valence electrons. The maximum atomic E-state index is 12.4. The maximum absolute atomic E-state index is 12.4. The Kier molecular flexibility index (Phi) is 6.66. The number of carbonyl (C=O) groups excluding carboxylic acids is 4. The standard InChI is InChI=1S/C22H20N2O7/c1-13(25)16-9-19-20(31-12-30-19)10-17(16)24-21(27)11-29-22(28)18(23-14(2)26)8-15-6-4-3-5-7-15/h3-10H,11-12H2,1-2H3,(H,23,26)(H,24,27)/b18-8-. The lowest BCUT2D eigenvalue weighted by atomic mass is 10.1. The van der Waals surface area contributed by atoms with E-state index in [1.165, 1.54) is 32.1 Å². The molecule has 2 N–H and O–H groups in total. The van der Waals surface area contributed by atoms with Gasteiger partial charge >= 0.3 is 5.97 Å². The Morgan fingerprint density at radius 2 is 1.71 bits per heavy atom. The Morgan fingerprint density at radius 1 is 1.03 bits per heavy atom. The first kappa shape index (κ1) is 21.6. The minimum atomic E-state index is -0.883. The van der Waals surface area contributed by atoms with Gasteiger partial charge in [0.2, 0.25) is 12.7 Å². The molecule has 2 amide bonds. The van der Waals surface area contributed by atoms with Crippen LogP contribution >= 0.6 is 0 Å². The highest BCUT2D eigenvalue weighted by atomic mass is 16.7. The molecule has 0 atom stereocenters. The third kappa shape index (κ3) is 5.69. The quantitative estimate of drug-likeness (QED) is 0.397. The van der Waals surface area contributed by atoms with Crippen molar-refractivity contribution < 1.29 is 33.4 Å². The highest BCUT2D eigenvalue weighted by molar-refractivity contribution is 6.05. The van der Waals surface area contributed by atoms with Gasteiger partial charge in [0, 0.05) is 18.6 Å². The molecule has 0 aliphatic carbocycles. The van der Waals surface area contributed by atoms with Crippen LogP contribution in [-0.4, -0.2) is 37.0 Å². The second kappa shape index (κ2) is 9.57. The van der Waals surface area contributed by atoms with Crippen molar-refractivity contribution in [2.45, 2.75) is 13.8 Å². The van der Waals surface area contributed by atoms with E-state index in [0.717, 1.165) is 0 Å². The summed E-state index contributed by atoms with van der Waals surface area (Å²) in [7, 11) is 0. The molecule has 0 saturated carbocycles. The minimum Gasteiger partial charge on any atom is -0.454 e. The van der Waals surface area contributed by atoms with Gasteiger partial charge in [-0.25, -0.2) is 4.79 Å². The first-order valence-electron chi connectivity index (χ1n) is 9.29. The van der Waals surface area contributed by atoms with E-state index in [-0.39, 0.29) is 29.5 Å². The fourth-order valence-corrected chi connectivity index (χ4v) is 2.78. The SMILES string of the molecule is CC(=O)N/C(=C\c1ccccc1)C(=O)OCC(=O)Nc1cc2c(cc1C(C)=O)OCO2. The van der Waals surface area contributed by atoms with Crippen LogP contribution in [0.25, 0.3) is 6.08 Å². The van der Waals surface area contributed by atoms with E-state index >= 15 is 0 Å². The van der Waals surface area contributed by atoms with Crippen molar-refractivity contribution >= 4 is 35.3 Å². The van der Waals surface area contributed by atoms with E-state index in [1.54, 1.807) is 24.3 Å². The third-order valence-electron chi connectivity index (χ3n) is 4.14. The van der Waals surface area contributed by atoms with E-state index in [2.05, 4.69) is 10.6 Å². The number of carbonyl (C=O) groups is 4. The summed E-state index contributed by atoms with van der Waals surface area (Å²) < 4.78 is 15.5. The predicted molar refractivity (Wildman–Crippen MR) is 110 cm³/mol. The normalized spacial score (nSPS) is 12.1. The third-order valence-corrected chi connectivity index (χ3v) is 4.14. The molecule has 0 bridgehead atoms.